The third kappa shape index (κ3) is 2.62. The monoisotopic (exact) mass is 266 g/mol. The number of anilines is 1. The van der Waals surface area contributed by atoms with E-state index < -0.39 is 3.79 Å². The van der Waals surface area contributed by atoms with Gasteiger partial charge >= 0.3 is 0 Å². The fourth-order valence-corrected chi connectivity index (χ4v) is 1.41. The van der Waals surface area contributed by atoms with Crippen LogP contribution in [0.25, 0.3) is 0 Å². The first-order chi connectivity index (χ1) is 7.00. The molecule has 1 saturated carbocycles. The summed E-state index contributed by atoms with van der Waals surface area (Å²) in [7, 11) is 1.72. The van der Waals surface area contributed by atoms with Crippen molar-refractivity contribution in [3.05, 3.63) is 11.6 Å². The molecule has 1 aromatic rings. The molecule has 1 aromatic heterocycles. The van der Waals surface area contributed by atoms with E-state index in [0.29, 0.717) is 17.7 Å². The lowest BCUT2D eigenvalue weighted by atomic mass is 10.4. The third-order valence-electron chi connectivity index (χ3n) is 2.07. The van der Waals surface area contributed by atoms with Crippen molar-refractivity contribution in [2.75, 3.05) is 12.4 Å². The van der Waals surface area contributed by atoms with Gasteiger partial charge in [0.25, 0.3) is 0 Å². The van der Waals surface area contributed by atoms with Gasteiger partial charge in [0.15, 0.2) is 5.82 Å². The molecule has 7 heteroatoms. The van der Waals surface area contributed by atoms with Gasteiger partial charge in [-0.3, -0.25) is 0 Å². The van der Waals surface area contributed by atoms with Gasteiger partial charge in [-0.15, -0.1) is 0 Å². The highest BCUT2D eigenvalue weighted by atomic mass is 35.6. The smallest absolute Gasteiger partial charge is 0.250 e. The molecule has 0 aliphatic heterocycles. The van der Waals surface area contributed by atoms with E-state index >= 15 is 0 Å². The van der Waals surface area contributed by atoms with Crippen LogP contribution in [0, 0.1) is 0 Å². The van der Waals surface area contributed by atoms with Gasteiger partial charge in [0, 0.05) is 13.0 Å². The first kappa shape index (κ1) is 11.2. The van der Waals surface area contributed by atoms with Crippen molar-refractivity contribution in [1.82, 2.24) is 15.0 Å². The SMILES string of the molecule is CNc1nc(C2CC2)nc(C(Cl)(Cl)Cl)n1. The largest absolute Gasteiger partial charge is 0.357 e. The minimum atomic E-state index is -1.60. The van der Waals surface area contributed by atoms with Crippen molar-refractivity contribution in [3.8, 4) is 0 Å². The van der Waals surface area contributed by atoms with Crippen molar-refractivity contribution in [1.29, 1.82) is 0 Å². The molecule has 0 spiro atoms. The standard InChI is InChI=1S/C8H9Cl3N4/c1-12-7-14-5(4-2-3-4)13-6(15-7)8(9,10)11/h4H,2-3H2,1H3,(H,12,13,14,15). The van der Waals surface area contributed by atoms with Gasteiger partial charge in [-0.1, -0.05) is 34.8 Å². The molecule has 1 heterocycles. The second-order valence-electron chi connectivity index (χ2n) is 3.36. The van der Waals surface area contributed by atoms with Crippen LogP contribution in [-0.2, 0) is 3.79 Å². The Morgan fingerprint density at radius 1 is 1.20 bits per heavy atom. The van der Waals surface area contributed by atoms with Crippen LogP contribution in [0.2, 0.25) is 0 Å². The van der Waals surface area contributed by atoms with E-state index in [1.807, 2.05) is 0 Å². The molecule has 0 atom stereocenters. The summed E-state index contributed by atoms with van der Waals surface area (Å²) in [4.78, 5) is 12.4. The second-order valence-corrected chi connectivity index (χ2v) is 5.64. The Bertz CT molecular complexity index is 373. The van der Waals surface area contributed by atoms with Crippen LogP contribution in [-0.4, -0.2) is 22.0 Å². The summed E-state index contributed by atoms with van der Waals surface area (Å²) in [6, 6.07) is 0. The van der Waals surface area contributed by atoms with Crippen molar-refractivity contribution in [3.63, 3.8) is 0 Å². The van der Waals surface area contributed by atoms with Gasteiger partial charge in [-0.2, -0.15) is 9.97 Å². The number of alkyl halides is 3. The Labute approximate surface area is 102 Å². The lowest BCUT2D eigenvalue weighted by Gasteiger charge is -2.11. The number of rotatable bonds is 2. The van der Waals surface area contributed by atoms with E-state index in [1.54, 1.807) is 7.05 Å². The summed E-state index contributed by atoms with van der Waals surface area (Å²) in [6.07, 6.45) is 2.18. The van der Waals surface area contributed by atoms with E-state index in [4.69, 9.17) is 34.8 Å². The minimum absolute atomic E-state index is 0.175. The molecule has 1 N–H and O–H groups in total. The van der Waals surface area contributed by atoms with Crippen molar-refractivity contribution in [2.24, 2.45) is 0 Å². The number of nitrogens with one attached hydrogen (secondary N) is 1. The van der Waals surface area contributed by atoms with E-state index in [-0.39, 0.29) is 5.82 Å². The van der Waals surface area contributed by atoms with Gasteiger partial charge < -0.3 is 5.32 Å². The Balaban J connectivity index is 2.41. The molecule has 1 fully saturated rings. The first-order valence-corrected chi connectivity index (χ1v) is 5.65. The molecular weight excluding hydrogens is 258 g/mol. The zero-order valence-electron chi connectivity index (χ0n) is 7.97. The summed E-state index contributed by atoms with van der Waals surface area (Å²) in [5.41, 5.74) is 0. The van der Waals surface area contributed by atoms with Crippen molar-refractivity contribution in [2.45, 2.75) is 22.6 Å². The molecule has 0 aromatic carbocycles. The number of halogens is 3. The van der Waals surface area contributed by atoms with Gasteiger partial charge in [0.05, 0.1) is 0 Å². The van der Waals surface area contributed by atoms with Gasteiger partial charge in [0.1, 0.15) is 5.82 Å². The Kier molecular flexibility index (Phi) is 2.92. The number of hydrogen-bond donors (Lipinski definition) is 1. The van der Waals surface area contributed by atoms with Crippen LogP contribution >= 0.6 is 34.8 Å². The summed E-state index contributed by atoms with van der Waals surface area (Å²) < 4.78 is -1.60. The van der Waals surface area contributed by atoms with Gasteiger partial charge in [-0.25, -0.2) is 4.98 Å². The zero-order valence-corrected chi connectivity index (χ0v) is 10.2. The zero-order chi connectivity index (χ0) is 11.1. The highest BCUT2D eigenvalue weighted by Gasteiger charge is 2.32. The summed E-state index contributed by atoms with van der Waals surface area (Å²) in [6.45, 7) is 0. The Morgan fingerprint density at radius 2 is 1.87 bits per heavy atom. The van der Waals surface area contributed by atoms with Crippen LogP contribution in [0.3, 0.4) is 0 Å². The Hall–Kier alpha value is -0.320. The van der Waals surface area contributed by atoms with E-state index in [9.17, 15) is 0 Å². The van der Waals surface area contributed by atoms with Gasteiger partial charge in [0.2, 0.25) is 9.74 Å². The molecule has 15 heavy (non-hydrogen) atoms. The summed E-state index contributed by atoms with van der Waals surface area (Å²) in [5, 5.41) is 2.82. The maximum absolute atomic E-state index is 5.73. The third-order valence-corrected chi connectivity index (χ3v) is 2.58. The first-order valence-electron chi connectivity index (χ1n) is 4.51. The van der Waals surface area contributed by atoms with Crippen LogP contribution in [0.5, 0.6) is 0 Å². The quantitative estimate of drug-likeness (QED) is 0.837. The number of hydrogen-bond acceptors (Lipinski definition) is 4. The fraction of sp³-hybridized carbons (Fsp3) is 0.625. The van der Waals surface area contributed by atoms with Crippen LogP contribution in [0.1, 0.15) is 30.4 Å². The second kappa shape index (κ2) is 3.92. The van der Waals surface area contributed by atoms with Crippen LogP contribution in [0.15, 0.2) is 0 Å². The predicted octanol–water partition coefficient (Wildman–Crippen LogP) is 2.62. The molecule has 0 unspecified atom stereocenters. The molecule has 4 nitrogen and oxygen atoms in total. The molecule has 0 saturated heterocycles. The van der Waals surface area contributed by atoms with Gasteiger partial charge in [-0.05, 0) is 12.8 Å². The summed E-state index contributed by atoms with van der Waals surface area (Å²) >= 11 is 17.2. The molecular formula is C8H9Cl3N4. The summed E-state index contributed by atoms with van der Waals surface area (Å²) in [5.74, 6) is 1.71. The number of aromatic nitrogens is 3. The van der Waals surface area contributed by atoms with Crippen LogP contribution in [0.4, 0.5) is 5.95 Å². The lowest BCUT2D eigenvalue weighted by molar-refractivity contribution is 0.831. The lowest BCUT2D eigenvalue weighted by Crippen LogP contribution is -2.13. The van der Waals surface area contributed by atoms with E-state index in [1.165, 1.54) is 0 Å². The average Bonchev–Trinajstić information content (AvgIpc) is 2.99. The molecule has 2 rings (SSSR count). The van der Waals surface area contributed by atoms with Crippen molar-refractivity contribution >= 4 is 40.8 Å². The fourth-order valence-electron chi connectivity index (χ4n) is 1.16. The van der Waals surface area contributed by atoms with Crippen molar-refractivity contribution < 1.29 is 0 Å². The van der Waals surface area contributed by atoms with E-state index in [0.717, 1.165) is 12.8 Å². The molecule has 0 amide bonds. The number of nitrogens with zero attached hydrogens (tertiary/aromatic N) is 3. The molecule has 0 radical (unpaired) electrons. The maximum atomic E-state index is 5.73. The average molecular weight is 268 g/mol. The molecule has 1 aliphatic carbocycles. The molecule has 0 bridgehead atoms. The van der Waals surface area contributed by atoms with E-state index in [2.05, 4.69) is 20.3 Å². The topological polar surface area (TPSA) is 50.7 Å². The maximum Gasteiger partial charge on any atom is 0.250 e. The predicted molar refractivity (Wildman–Crippen MR) is 60.6 cm³/mol. The Morgan fingerprint density at radius 3 is 2.33 bits per heavy atom. The minimum Gasteiger partial charge on any atom is -0.357 e. The normalized spacial score (nSPS) is 16.5. The van der Waals surface area contributed by atoms with Crippen LogP contribution < -0.4 is 5.32 Å². The molecule has 1 aliphatic rings. The highest BCUT2D eigenvalue weighted by Crippen LogP contribution is 2.41. The highest BCUT2D eigenvalue weighted by molar-refractivity contribution is 6.66. The molecule has 82 valence electrons.